The van der Waals surface area contributed by atoms with Crippen LogP contribution in [0, 0.1) is 5.82 Å². The lowest BCUT2D eigenvalue weighted by Crippen LogP contribution is -2.32. The van der Waals surface area contributed by atoms with Crippen molar-refractivity contribution in [1.82, 2.24) is 14.8 Å². The number of anilines is 1. The third kappa shape index (κ3) is 2.85. The lowest BCUT2D eigenvalue weighted by molar-refractivity contribution is 0.223. The van der Waals surface area contributed by atoms with Gasteiger partial charge in [0.1, 0.15) is 35.8 Å². The Morgan fingerprint density at radius 3 is 2.50 bits per heavy atom. The van der Waals surface area contributed by atoms with Crippen molar-refractivity contribution in [3.05, 3.63) is 107 Å². The van der Waals surface area contributed by atoms with E-state index in [9.17, 15) is 4.39 Å². The first kappa shape index (κ1) is 18.6. The molecule has 0 unspecified atom stereocenters. The standard InChI is InChI=1S/C25H19FN4O2/c1-31-18-12-8-15(9-13-18)23-21-22(29-25-27-14-28-30(23)25)19-4-2-3-5-20(19)32-24(21)16-6-10-17(26)11-7-16/h2-14,23-24H,1H3,(H,27,28,29)/t23-,24+/m0/s1. The number of nitrogens with zero attached hydrogens (tertiary/aromatic N) is 3. The van der Waals surface area contributed by atoms with E-state index in [1.54, 1.807) is 19.2 Å². The molecule has 1 aromatic heterocycles. The molecule has 0 saturated heterocycles. The number of rotatable bonds is 3. The van der Waals surface area contributed by atoms with Gasteiger partial charge < -0.3 is 14.8 Å². The van der Waals surface area contributed by atoms with Gasteiger partial charge in [0, 0.05) is 11.1 Å². The second-order valence-electron chi connectivity index (χ2n) is 7.70. The van der Waals surface area contributed by atoms with Crippen LogP contribution in [-0.2, 0) is 0 Å². The highest BCUT2D eigenvalue weighted by Gasteiger charge is 2.40. The Kier molecular flexibility index (Phi) is 4.21. The summed E-state index contributed by atoms with van der Waals surface area (Å²) in [7, 11) is 1.65. The predicted molar refractivity (Wildman–Crippen MR) is 118 cm³/mol. The van der Waals surface area contributed by atoms with Crippen molar-refractivity contribution in [1.29, 1.82) is 0 Å². The summed E-state index contributed by atoms with van der Waals surface area (Å²) in [5, 5.41) is 7.97. The zero-order valence-corrected chi connectivity index (χ0v) is 17.2. The number of fused-ring (bicyclic) bond motifs is 3. The Hall–Kier alpha value is -4.13. The summed E-state index contributed by atoms with van der Waals surface area (Å²) >= 11 is 0. The van der Waals surface area contributed by atoms with Crippen LogP contribution in [0.5, 0.6) is 11.5 Å². The van der Waals surface area contributed by atoms with Crippen molar-refractivity contribution in [2.75, 3.05) is 12.4 Å². The minimum Gasteiger partial charge on any atom is -0.497 e. The molecule has 6 nitrogen and oxygen atoms in total. The summed E-state index contributed by atoms with van der Waals surface area (Å²) in [6.45, 7) is 0. The van der Waals surface area contributed by atoms with E-state index in [-0.39, 0.29) is 11.9 Å². The molecule has 0 radical (unpaired) electrons. The first-order valence-corrected chi connectivity index (χ1v) is 10.3. The van der Waals surface area contributed by atoms with Crippen molar-refractivity contribution in [2.45, 2.75) is 12.1 Å². The summed E-state index contributed by atoms with van der Waals surface area (Å²) in [6, 6.07) is 22.0. The Balaban J connectivity index is 1.60. The first-order chi connectivity index (χ1) is 15.7. The number of ether oxygens (including phenoxy) is 2. The molecule has 2 aliphatic rings. The van der Waals surface area contributed by atoms with E-state index < -0.39 is 6.10 Å². The second-order valence-corrected chi connectivity index (χ2v) is 7.70. The normalized spacial score (nSPS) is 18.7. The Morgan fingerprint density at radius 2 is 1.72 bits per heavy atom. The number of halogens is 1. The quantitative estimate of drug-likeness (QED) is 0.500. The van der Waals surface area contributed by atoms with Gasteiger partial charge >= 0.3 is 0 Å². The Labute approximate surface area is 183 Å². The van der Waals surface area contributed by atoms with E-state index in [4.69, 9.17) is 9.47 Å². The Morgan fingerprint density at radius 1 is 0.969 bits per heavy atom. The number of aromatic nitrogens is 3. The molecule has 3 aromatic carbocycles. The van der Waals surface area contributed by atoms with E-state index in [0.717, 1.165) is 39.5 Å². The summed E-state index contributed by atoms with van der Waals surface area (Å²) in [4.78, 5) is 4.43. The van der Waals surface area contributed by atoms with Crippen molar-refractivity contribution >= 4 is 11.6 Å². The molecular formula is C25H19FN4O2. The van der Waals surface area contributed by atoms with Gasteiger partial charge in [0.15, 0.2) is 0 Å². The van der Waals surface area contributed by atoms with E-state index in [1.165, 1.54) is 18.5 Å². The third-order valence-corrected chi connectivity index (χ3v) is 5.93. The topological polar surface area (TPSA) is 61.2 Å². The highest BCUT2D eigenvalue weighted by atomic mass is 19.1. The monoisotopic (exact) mass is 426 g/mol. The molecule has 1 N–H and O–H groups in total. The maximum Gasteiger partial charge on any atom is 0.226 e. The number of benzene rings is 3. The van der Waals surface area contributed by atoms with Gasteiger partial charge in [0.2, 0.25) is 5.95 Å². The first-order valence-electron chi connectivity index (χ1n) is 10.3. The summed E-state index contributed by atoms with van der Waals surface area (Å²) in [5.74, 6) is 1.90. The molecule has 0 saturated carbocycles. The molecule has 0 fully saturated rings. The highest BCUT2D eigenvalue weighted by molar-refractivity contribution is 5.85. The zero-order valence-electron chi connectivity index (χ0n) is 17.2. The molecular weight excluding hydrogens is 407 g/mol. The molecule has 0 bridgehead atoms. The lowest BCUT2D eigenvalue weighted by atomic mass is 9.84. The smallest absolute Gasteiger partial charge is 0.226 e. The van der Waals surface area contributed by atoms with Crippen LogP contribution in [0.15, 0.2) is 84.7 Å². The van der Waals surface area contributed by atoms with Crippen molar-refractivity contribution < 1.29 is 13.9 Å². The van der Waals surface area contributed by atoms with Gasteiger partial charge in [-0.1, -0.05) is 36.4 Å². The number of para-hydroxylation sites is 1. The molecule has 4 aromatic rings. The van der Waals surface area contributed by atoms with Gasteiger partial charge in [-0.25, -0.2) is 9.07 Å². The maximum absolute atomic E-state index is 13.7. The Bertz CT molecular complexity index is 1330. The van der Waals surface area contributed by atoms with Crippen LogP contribution < -0.4 is 14.8 Å². The van der Waals surface area contributed by atoms with Gasteiger partial charge in [0.05, 0.1) is 12.8 Å². The minimum atomic E-state index is -0.433. The zero-order chi connectivity index (χ0) is 21.7. The lowest BCUT2D eigenvalue weighted by Gasteiger charge is -2.39. The van der Waals surface area contributed by atoms with E-state index in [1.807, 2.05) is 53.2 Å². The van der Waals surface area contributed by atoms with Crippen molar-refractivity contribution in [2.24, 2.45) is 0 Å². The van der Waals surface area contributed by atoms with Gasteiger partial charge in [-0.15, -0.1) is 0 Å². The summed E-state index contributed by atoms with van der Waals surface area (Å²) < 4.78 is 27.4. The molecule has 2 aliphatic heterocycles. The summed E-state index contributed by atoms with van der Waals surface area (Å²) in [6.07, 6.45) is 1.11. The number of nitrogens with one attached hydrogen (secondary N) is 1. The second kappa shape index (κ2) is 7.23. The number of hydrogen-bond acceptors (Lipinski definition) is 5. The average molecular weight is 426 g/mol. The molecule has 0 amide bonds. The van der Waals surface area contributed by atoms with Crippen LogP contribution in [0.25, 0.3) is 5.70 Å². The minimum absolute atomic E-state index is 0.266. The average Bonchev–Trinajstić information content (AvgIpc) is 3.31. The molecule has 3 heterocycles. The molecule has 0 aliphatic carbocycles. The van der Waals surface area contributed by atoms with Gasteiger partial charge in [0.25, 0.3) is 0 Å². The predicted octanol–water partition coefficient (Wildman–Crippen LogP) is 4.99. The molecule has 0 spiro atoms. The largest absolute Gasteiger partial charge is 0.497 e. The molecule has 2 atom stereocenters. The van der Waals surface area contributed by atoms with Crippen molar-refractivity contribution in [3.63, 3.8) is 0 Å². The van der Waals surface area contributed by atoms with E-state index in [0.29, 0.717) is 5.95 Å². The van der Waals surface area contributed by atoms with Crippen LogP contribution in [0.1, 0.15) is 28.8 Å². The molecule has 6 rings (SSSR count). The van der Waals surface area contributed by atoms with Gasteiger partial charge in [-0.3, -0.25) is 0 Å². The fraction of sp³-hybridized carbons (Fsp3) is 0.120. The van der Waals surface area contributed by atoms with Crippen LogP contribution in [0.3, 0.4) is 0 Å². The van der Waals surface area contributed by atoms with Crippen LogP contribution in [0.4, 0.5) is 10.3 Å². The molecule has 7 heteroatoms. The number of methoxy groups -OCH3 is 1. The summed E-state index contributed by atoms with van der Waals surface area (Å²) in [5.41, 5.74) is 4.74. The third-order valence-electron chi connectivity index (χ3n) is 5.93. The van der Waals surface area contributed by atoms with Crippen LogP contribution in [-0.4, -0.2) is 21.9 Å². The van der Waals surface area contributed by atoms with Gasteiger partial charge in [-0.2, -0.15) is 10.1 Å². The van der Waals surface area contributed by atoms with Crippen molar-refractivity contribution in [3.8, 4) is 11.5 Å². The maximum atomic E-state index is 13.7. The SMILES string of the molecule is COc1ccc([C@H]2C3=C(Nc4ncnn42)c2ccccc2O[C@@H]3c2ccc(F)cc2)cc1. The molecule has 158 valence electrons. The van der Waals surface area contributed by atoms with Gasteiger partial charge in [-0.05, 0) is 47.5 Å². The van der Waals surface area contributed by atoms with E-state index in [2.05, 4.69) is 15.4 Å². The highest BCUT2D eigenvalue weighted by Crippen LogP contribution is 2.50. The fourth-order valence-electron chi connectivity index (χ4n) is 4.44. The van der Waals surface area contributed by atoms with E-state index >= 15 is 0 Å². The fourth-order valence-corrected chi connectivity index (χ4v) is 4.44. The van der Waals surface area contributed by atoms with Crippen LogP contribution >= 0.6 is 0 Å². The molecule has 32 heavy (non-hydrogen) atoms. The number of hydrogen-bond donors (Lipinski definition) is 1. The van der Waals surface area contributed by atoms with Crippen LogP contribution in [0.2, 0.25) is 0 Å².